The topological polar surface area (TPSA) is 93.7 Å². The number of benzene rings is 1. The minimum Gasteiger partial charge on any atom is -0.388 e. The predicted octanol–water partition coefficient (Wildman–Crippen LogP) is 3.03. The number of likely N-dealkylation sites (tertiary alicyclic amines) is 1. The summed E-state index contributed by atoms with van der Waals surface area (Å²) in [6.45, 7) is 10.5. The summed E-state index contributed by atoms with van der Waals surface area (Å²) >= 11 is 6.29. The number of aromatic nitrogens is 2. The van der Waals surface area contributed by atoms with Crippen molar-refractivity contribution in [2.24, 2.45) is 11.3 Å². The molecule has 32 heavy (non-hydrogen) atoms. The fraction of sp³-hybridized carbons (Fsp3) is 0.652. The highest BCUT2D eigenvalue weighted by Gasteiger charge is 2.40. The molecule has 176 valence electrons. The molecule has 2 fully saturated rings. The zero-order valence-electron chi connectivity index (χ0n) is 18.9. The number of amides is 2. The van der Waals surface area contributed by atoms with Crippen molar-refractivity contribution in [3.05, 3.63) is 28.9 Å². The molecule has 0 aliphatic carbocycles. The number of hydrogen-bond acceptors (Lipinski definition) is 5. The molecule has 2 amide bonds. The van der Waals surface area contributed by atoms with Crippen LogP contribution < -0.4 is 5.32 Å². The number of ether oxygens (including phenoxy) is 1. The monoisotopic (exact) mass is 463 g/mol. The summed E-state index contributed by atoms with van der Waals surface area (Å²) < 4.78 is 5.36. The van der Waals surface area contributed by atoms with Gasteiger partial charge in [0.15, 0.2) is 0 Å². The molecule has 9 heteroatoms. The van der Waals surface area contributed by atoms with Gasteiger partial charge in [-0.2, -0.15) is 5.10 Å². The number of nitrogens with zero attached hydrogens (tertiary/aromatic N) is 3. The zero-order chi connectivity index (χ0) is 22.7. The van der Waals surface area contributed by atoms with E-state index in [1.165, 1.54) is 0 Å². The normalized spacial score (nSPS) is 19.9. The number of piperidine rings is 1. The number of urea groups is 1. The molecule has 0 radical (unpaired) electrons. The van der Waals surface area contributed by atoms with Crippen LogP contribution in [-0.2, 0) is 4.74 Å². The van der Waals surface area contributed by atoms with E-state index in [4.69, 9.17) is 16.3 Å². The molecule has 3 N–H and O–H groups in total. The molecule has 2 aliphatic rings. The molecule has 8 nitrogen and oxygen atoms in total. The molecule has 1 atom stereocenters. The minimum absolute atomic E-state index is 0.00377. The fourth-order valence-electron chi connectivity index (χ4n) is 4.97. The molecule has 0 spiro atoms. The van der Waals surface area contributed by atoms with Crippen LogP contribution >= 0.6 is 11.6 Å². The number of nitrogens with one attached hydrogen (secondary N) is 2. The highest BCUT2D eigenvalue weighted by atomic mass is 35.5. The molecule has 2 aromatic rings. The molecule has 2 saturated heterocycles. The Balaban J connectivity index is 1.31. The van der Waals surface area contributed by atoms with E-state index in [-0.39, 0.29) is 17.4 Å². The average molecular weight is 464 g/mol. The van der Waals surface area contributed by atoms with Gasteiger partial charge in [-0.15, -0.1) is 0 Å². The highest BCUT2D eigenvalue weighted by molar-refractivity contribution is 6.31. The van der Waals surface area contributed by atoms with Gasteiger partial charge in [-0.1, -0.05) is 25.4 Å². The number of aliphatic hydroxyl groups excluding tert-OH is 1. The third kappa shape index (κ3) is 5.03. The lowest BCUT2D eigenvalue weighted by Crippen LogP contribution is -2.49. The van der Waals surface area contributed by atoms with Gasteiger partial charge in [0.05, 0.1) is 31.0 Å². The summed E-state index contributed by atoms with van der Waals surface area (Å²) in [5.74, 6) is 0.284. The van der Waals surface area contributed by atoms with Crippen LogP contribution in [0.25, 0.3) is 10.9 Å². The number of morpholine rings is 1. The second-order valence-corrected chi connectivity index (χ2v) is 9.94. The Hall–Kier alpha value is -1.87. The first-order valence-electron chi connectivity index (χ1n) is 11.5. The van der Waals surface area contributed by atoms with Gasteiger partial charge in [0.1, 0.15) is 0 Å². The Morgan fingerprint density at radius 1 is 1.31 bits per heavy atom. The average Bonchev–Trinajstić information content (AvgIpc) is 3.27. The Labute approximate surface area is 194 Å². The number of rotatable bonds is 6. The second-order valence-electron chi connectivity index (χ2n) is 9.50. The van der Waals surface area contributed by atoms with E-state index < -0.39 is 6.10 Å². The van der Waals surface area contributed by atoms with Crippen molar-refractivity contribution in [3.8, 4) is 0 Å². The van der Waals surface area contributed by atoms with Crippen molar-refractivity contribution in [2.75, 3.05) is 52.5 Å². The molecule has 1 aromatic carbocycles. The third-order valence-electron chi connectivity index (χ3n) is 7.19. The third-order valence-corrected chi connectivity index (χ3v) is 7.40. The van der Waals surface area contributed by atoms with Gasteiger partial charge in [-0.05, 0) is 36.3 Å². The lowest BCUT2D eigenvalue weighted by atomic mass is 9.68. The minimum atomic E-state index is -0.692. The van der Waals surface area contributed by atoms with Gasteiger partial charge in [-0.25, -0.2) is 4.79 Å². The predicted molar refractivity (Wildman–Crippen MR) is 125 cm³/mol. The summed E-state index contributed by atoms with van der Waals surface area (Å²) in [7, 11) is 0. The smallest absolute Gasteiger partial charge is 0.317 e. The van der Waals surface area contributed by atoms with Crippen molar-refractivity contribution in [1.82, 2.24) is 25.3 Å². The van der Waals surface area contributed by atoms with Gasteiger partial charge < -0.3 is 20.1 Å². The molecule has 4 rings (SSSR count). The Bertz CT molecular complexity index is 919. The largest absolute Gasteiger partial charge is 0.388 e. The molecule has 0 unspecified atom stereocenters. The molecule has 0 saturated carbocycles. The summed E-state index contributed by atoms with van der Waals surface area (Å²) in [6.07, 6.45) is 2.74. The van der Waals surface area contributed by atoms with E-state index >= 15 is 0 Å². The molecular formula is C23H34ClN5O3. The van der Waals surface area contributed by atoms with Gasteiger partial charge in [0.2, 0.25) is 0 Å². The van der Waals surface area contributed by atoms with Crippen LogP contribution in [0.5, 0.6) is 0 Å². The fourth-order valence-corrected chi connectivity index (χ4v) is 5.21. The van der Waals surface area contributed by atoms with Gasteiger partial charge in [0.25, 0.3) is 0 Å². The number of halogens is 1. The van der Waals surface area contributed by atoms with Crippen LogP contribution in [0.15, 0.2) is 18.3 Å². The number of hydrogen-bond donors (Lipinski definition) is 3. The number of H-pyrrole nitrogens is 1. The highest BCUT2D eigenvalue weighted by Crippen LogP contribution is 2.46. The van der Waals surface area contributed by atoms with Gasteiger partial charge in [0, 0.05) is 55.2 Å². The first-order valence-corrected chi connectivity index (χ1v) is 11.9. The standard InChI is InChI=1S/C23H34ClN5O3/c1-23(2,21(30)19-14-18(24)13-16-15-26-27-20(16)19)17-3-6-29(7-4-17)22(31)25-5-8-28-9-11-32-12-10-28/h13-15,17,21,30H,3-12H2,1-2H3,(H,25,31)(H,26,27)/t21-/m1/s1. The second kappa shape index (κ2) is 9.95. The number of aliphatic hydroxyl groups is 1. The van der Waals surface area contributed by atoms with Crippen LogP contribution in [0.3, 0.4) is 0 Å². The van der Waals surface area contributed by atoms with Crippen molar-refractivity contribution in [2.45, 2.75) is 32.8 Å². The maximum atomic E-state index is 12.6. The number of fused-ring (bicyclic) bond motifs is 1. The van der Waals surface area contributed by atoms with Gasteiger partial charge in [-0.3, -0.25) is 10.00 Å². The van der Waals surface area contributed by atoms with E-state index in [0.29, 0.717) is 24.7 Å². The molecule has 1 aromatic heterocycles. The maximum absolute atomic E-state index is 12.6. The van der Waals surface area contributed by atoms with Crippen LogP contribution in [0.4, 0.5) is 4.79 Å². The summed E-state index contributed by atoms with van der Waals surface area (Å²) in [5.41, 5.74) is 1.23. The van der Waals surface area contributed by atoms with E-state index in [0.717, 1.165) is 62.2 Å². The van der Waals surface area contributed by atoms with Crippen molar-refractivity contribution in [1.29, 1.82) is 0 Å². The van der Waals surface area contributed by atoms with E-state index in [9.17, 15) is 9.90 Å². The SMILES string of the molecule is CC(C)(C1CCN(C(=O)NCCN2CCOCC2)CC1)[C@H](O)c1cc(Cl)cc2cn[nH]c12. The summed E-state index contributed by atoms with van der Waals surface area (Å²) in [6, 6.07) is 3.68. The van der Waals surface area contributed by atoms with E-state index in [1.54, 1.807) is 6.20 Å². The molecule has 3 heterocycles. The lowest BCUT2D eigenvalue weighted by molar-refractivity contribution is -0.0144. The molecular weight excluding hydrogens is 430 g/mol. The van der Waals surface area contributed by atoms with E-state index in [2.05, 4.69) is 34.3 Å². The van der Waals surface area contributed by atoms with Crippen LogP contribution in [0.2, 0.25) is 5.02 Å². The quantitative estimate of drug-likeness (QED) is 0.612. The maximum Gasteiger partial charge on any atom is 0.317 e. The van der Waals surface area contributed by atoms with E-state index in [1.807, 2.05) is 17.0 Å². The Kier molecular flexibility index (Phi) is 7.24. The van der Waals surface area contributed by atoms with Crippen molar-refractivity contribution in [3.63, 3.8) is 0 Å². The number of carbonyl (C=O) groups excluding carboxylic acids is 1. The number of carbonyl (C=O) groups is 1. The number of aromatic amines is 1. The summed E-state index contributed by atoms with van der Waals surface area (Å²) in [4.78, 5) is 16.8. The molecule has 0 bridgehead atoms. The first kappa shape index (κ1) is 23.3. The first-order chi connectivity index (χ1) is 15.4. The van der Waals surface area contributed by atoms with Gasteiger partial charge >= 0.3 is 6.03 Å². The van der Waals surface area contributed by atoms with Crippen LogP contribution in [-0.4, -0.2) is 83.6 Å². The van der Waals surface area contributed by atoms with Crippen molar-refractivity contribution < 1.29 is 14.6 Å². The zero-order valence-corrected chi connectivity index (χ0v) is 19.7. The van der Waals surface area contributed by atoms with Crippen molar-refractivity contribution >= 4 is 28.5 Å². The van der Waals surface area contributed by atoms with Crippen LogP contribution in [0, 0.1) is 11.3 Å². The Morgan fingerprint density at radius 3 is 2.75 bits per heavy atom. The summed E-state index contributed by atoms with van der Waals surface area (Å²) in [5, 5.41) is 23.0. The lowest BCUT2D eigenvalue weighted by Gasteiger charge is -2.43. The molecule has 2 aliphatic heterocycles. The van der Waals surface area contributed by atoms with Crippen LogP contribution in [0.1, 0.15) is 38.4 Å². The Morgan fingerprint density at radius 2 is 2.03 bits per heavy atom.